The lowest BCUT2D eigenvalue weighted by molar-refractivity contribution is -0.145. The first-order valence-corrected chi connectivity index (χ1v) is 15.8. The second kappa shape index (κ2) is 13.0. The molecule has 2 aliphatic rings. The average molecular weight is 662 g/mol. The minimum absolute atomic E-state index is 0.0167. The fourth-order valence-electron chi connectivity index (χ4n) is 5.68. The molecule has 2 amide bonds. The smallest absolute Gasteiger partial charge is 0.375 e. The summed E-state index contributed by atoms with van der Waals surface area (Å²) in [7, 11) is 1.37. The fraction of sp³-hybridized carbons (Fsp3) is 0.303. The second-order valence-electron chi connectivity index (χ2n) is 11.3. The van der Waals surface area contributed by atoms with Gasteiger partial charge in [0, 0.05) is 13.5 Å². The molecule has 238 valence electrons. The molecule has 0 aromatic heterocycles. The van der Waals surface area contributed by atoms with E-state index in [0.29, 0.717) is 41.0 Å². The standard InChI is InChI=1S/C33H31N3O8S2/c1-31(19-34)18-32(2,45-29(39)43-23-11-7-5-8-12-23)36(27(31)22-15-16-25-26(17-22)42-21-41-25)28(38)33(3,35(4)20-37)46-30(40)44-24-13-9-6-10-14-24/h5-17,20,27H,18,21H2,1-4H3/t27-,31+,32+,33-/m0/s1. The highest BCUT2D eigenvalue weighted by Crippen LogP contribution is 2.60. The lowest BCUT2D eigenvalue weighted by Gasteiger charge is -2.44. The molecule has 0 aliphatic carbocycles. The van der Waals surface area contributed by atoms with E-state index in [1.165, 1.54) is 18.9 Å². The Bertz CT molecular complexity index is 1690. The van der Waals surface area contributed by atoms with Crippen molar-refractivity contribution in [2.75, 3.05) is 13.8 Å². The average Bonchev–Trinajstić information content (AvgIpc) is 3.60. The number of rotatable bonds is 8. The SMILES string of the molecule is CN(C=O)[C@@](C)(SC(=O)Oc1ccccc1)C(=O)N1[C@@H](c2ccc3c(c2)OCO3)[C@@](C)(C#N)C[C@@]1(C)SC(=O)Oc1ccccc1. The largest absolute Gasteiger partial charge is 0.454 e. The van der Waals surface area contributed by atoms with E-state index < -0.39 is 37.7 Å². The first-order valence-electron chi connectivity index (χ1n) is 14.2. The Kier molecular flexibility index (Phi) is 9.23. The van der Waals surface area contributed by atoms with Crippen LogP contribution in [0.1, 0.15) is 38.8 Å². The summed E-state index contributed by atoms with van der Waals surface area (Å²) in [6.45, 7) is 4.81. The van der Waals surface area contributed by atoms with Crippen molar-refractivity contribution in [2.24, 2.45) is 5.41 Å². The van der Waals surface area contributed by atoms with Crippen LogP contribution in [0.2, 0.25) is 0 Å². The molecular formula is C33H31N3O8S2. The Balaban J connectivity index is 1.58. The Morgan fingerprint density at radius 1 is 0.978 bits per heavy atom. The molecule has 0 bridgehead atoms. The Hall–Kier alpha value is -4.67. The molecule has 3 aromatic rings. The van der Waals surface area contributed by atoms with Crippen LogP contribution in [0.5, 0.6) is 23.0 Å². The van der Waals surface area contributed by atoms with E-state index in [9.17, 15) is 24.4 Å². The molecule has 0 N–H and O–H groups in total. The second-order valence-corrected chi connectivity index (χ2v) is 14.1. The van der Waals surface area contributed by atoms with Crippen LogP contribution in [0, 0.1) is 16.7 Å². The first-order chi connectivity index (χ1) is 21.9. The van der Waals surface area contributed by atoms with Crippen molar-refractivity contribution in [3.63, 3.8) is 0 Å². The lowest BCUT2D eigenvalue weighted by atomic mass is 9.79. The number of amides is 2. The molecule has 1 saturated heterocycles. The van der Waals surface area contributed by atoms with Gasteiger partial charge in [0.25, 0.3) is 5.91 Å². The van der Waals surface area contributed by atoms with Gasteiger partial charge in [-0.25, -0.2) is 9.59 Å². The van der Waals surface area contributed by atoms with Crippen LogP contribution in [-0.4, -0.2) is 56.3 Å². The molecular weight excluding hydrogens is 631 g/mol. The highest BCUT2D eigenvalue weighted by Gasteiger charge is 2.63. The van der Waals surface area contributed by atoms with Crippen molar-refractivity contribution < 1.29 is 38.1 Å². The van der Waals surface area contributed by atoms with Crippen LogP contribution < -0.4 is 18.9 Å². The summed E-state index contributed by atoms with van der Waals surface area (Å²) in [5.74, 6) is 0.792. The number of nitrogens with zero attached hydrogens (tertiary/aromatic N) is 3. The number of likely N-dealkylation sites (N-methyl/N-ethyl adjacent to an activating group) is 1. The number of ether oxygens (including phenoxy) is 4. The van der Waals surface area contributed by atoms with Crippen LogP contribution in [0.3, 0.4) is 0 Å². The van der Waals surface area contributed by atoms with Gasteiger partial charge < -0.3 is 28.7 Å². The number of benzene rings is 3. The molecule has 13 heteroatoms. The molecule has 11 nitrogen and oxygen atoms in total. The molecule has 0 spiro atoms. The van der Waals surface area contributed by atoms with Crippen molar-refractivity contribution >= 4 is 46.4 Å². The van der Waals surface area contributed by atoms with Gasteiger partial charge in [-0.3, -0.25) is 9.59 Å². The zero-order valence-electron chi connectivity index (χ0n) is 25.5. The highest BCUT2D eigenvalue weighted by molar-refractivity contribution is 8.15. The summed E-state index contributed by atoms with van der Waals surface area (Å²) in [4.78, 5) is 53.1. The zero-order valence-corrected chi connectivity index (χ0v) is 27.1. The van der Waals surface area contributed by atoms with Crippen molar-refractivity contribution in [1.29, 1.82) is 5.26 Å². The van der Waals surface area contributed by atoms with Crippen LogP contribution in [0.25, 0.3) is 0 Å². The van der Waals surface area contributed by atoms with Gasteiger partial charge in [0.05, 0.1) is 22.4 Å². The maximum absolute atomic E-state index is 15.0. The van der Waals surface area contributed by atoms with Gasteiger partial charge in [-0.15, -0.1) is 0 Å². The fourth-order valence-corrected chi connectivity index (χ4v) is 7.67. The quantitative estimate of drug-likeness (QED) is 0.147. The number of fused-ring (bicyclic) bond motifs is 1. The van der Waals surface area contributed by atoms with Crippen LogP contribution in [-0.2, 0) is 9.59 Å². The van der Waals surface area contributed by atoms with Gasteiger partial charge in [-0.05, 0) is 86.3 Å². The normalized spacial score (nSPS) is 22.7. The third-order valence-electron chi connectivity index (χ3n) is 7.96. The predicted molar refractivity (Wildman–Crippen MR) is 171 cm³/mol. The summed E-state index contributed by atoms with van der Waals surface area (Å²) >= 11 is 1.25. The van der Waals surface area contributed by atoms with Gasteiger partial charge in [0.1, 0.15) is 11.5 Å². The molecule has 2 aliphatic heterocycles. The van der Waals surface area contributed by atoms with Crippen molar-refractivity contribution in [1.82, 2.24) is 9.80 Å². The molecule has 3 aromatic carbocycles. The number of carbonyl (C=O) groups excluding carboxylic acids is 4. The van der Waals surface area contributed by atoms with Gasteiger partial charge in [-0.2, -0.15) is 5.26 Å². The molecule has 0 radical (unpaired) electrons. The number of para-hydroxylation sites is 2. The van der Waals surface area contributed by atoms with Crippen molar-refractivity contribution in [3.05, 3.63) is 84.4 Å². The van der Waals surface area contributed by atoms with E-state index in [1.807, 2.05) is 0 Å². The number of carbonyl (C=O) groups is 4. The minimum Gasteiger partial charge on any atom is -0.454 e. The third-order valence-corrected chi connectivity index (χ3v) is 10.1. The van der Waals surface area contributed by atoms with Crippen molar-refractivity contribution in [3.8, 4) is 29.1 Å². The zero-order chi connectivity index (χ0) is 33.1. The number of nitriles is 1. The van der Waals surface area contributed by atoms with Gasteiger partial charge in [0.2, 0.25) is 13.2 Å². The molecule has 1 fully saturated rings. The predicted octanol–water partition coefficient (Wildman–Crippen LogP) is 6.60. The topological polar surface area (TPSA) is 135 Å². The molecule has 2 heterocycles. The molecule has 0 saturated carbocycles. The maximum Gasteiger partial charge on any atom is 0.375 e. The summed E-state index contributed by atoms with van der Waals surface area (Å²) < 4.78 is 22.1. The van der Waals surface area contributed by atoms with E-state index in [-0.39, 0.29) is 19.0 Å². The van der Waals surface area contributed by atoms with E-state index >= 15 is 0 Å². The molecule has 5 rings (SSSR count). The number of hydrogen-bond donors (Lipinski definition) is 0. The Labute approximate surface area is 274 Å². The summed E-state index contributed by atoms with van der Waals surface area (Å²) in [5.41, 5.74) is -0.705. The number of hydrogen-bond acceptors (Lipinski definition) is 11. The van der Waals surface area contributed by atoms with E-state index in [1.54, 1.807) is 92.7 Å². The molecule has 4 atom stereocenters. The lowest BCUT2D eigenvalue weighted by Crippen LogP contribution is -2.59. The van der Waals surface area contributed by atoms with Crippen LogP contribution >= 0.6 is 23.5 Å². The summed E-state index contributed by atoms with van der Waals surface area (Å²) in [6, 6.07) is 23.3. The minimum atomic E-state index is -1.87. The van der Waals surface area contributed by atoms with Crippen LogP contribution in [0.15, 0.2) is 78.9 Å². The number of thioether (sulfide) groups is 2. The van der Waals surface area contributed by atoms with Crippen molar-refractivity contribution in [2.45, 2.75) is 43.0 Å². The monoisotopic (exact) mass is 661 g/mol. The Morgan fingerprint density at radius 3 is 2.15 bits per heavy atom. The Morgan fingerprint density at radius 2 is 1.57 bits per heavy atom. The van der Waals surface area contributed by atoms with Gasteiger partial charge in [0.15, 0.2) is 16.4 Å². The highest BCUT2D eigenvalue weighted by atomic mass is 32.2. The van der Waals surface area contributed by atoms with E-state index in [4.69, 9.17) is 18.9 Å². The molecule has 0 unspecified atom stereocenters. The maximum atomic E-state index is 15.0. The summed E-state index contributed by atoms with van der Waals surface area (Å²) in [6.07, 6.45) is 0.472. The van der Waals surface area contributed by atoms with E-state index in [0.717, 1.165) is 16.7 Å². The van der Waals surface area contributed by atoms with Crippen LogP contribution in [0.4, 0.5) is 9.59 Å². The third kappa shape index (κ3) is 6.36. The van der Waals surface area contributed by atoms with E-state index in [2.05, 4.69) is 6.07 Å². The first kappa shape index (κ1) is 32.7. The number of likely N-dealkylation sites (tertiary alicyclic amines) is 1. The molecule has 46 heavy (non-hydrogen) atoms. The summed E-state index contributed by atoms with van der Waals surface area (Å²) in [5, 5.41) is 9.06. The van der Waals surface area contributed by atoms with Gasteiger partial charge >= 0.3 is 10.6 Å². The van der Waals surface area contributed by atoms with Gasteiger partial charge in [-0.1, -0.05) is 42.5 Å².